The number of aromatic nitrogens is 2. The fourth-order valence-corrected chi connectivity index (χ4v) is 2.87. The molecule has 5 nitrogen and oxygen atoms in total. The van der Waals surface area contributed by atoms with Crippen molar-refractivity contribution in [3.8, 4) is 0 Å². The number of hydrogen-bond acceptors (Lipinski definition) is 3. The SMILES string of the molecule is CN1CCC(N(C)C(=O)c2c[nH]c3ncccc23)CC1. The van der Waals surface area contributed by atoms with E-state index in [1.165, 1.54) is 0 Å². The number of rotatable bonds is 2. The lowest BCUT2D eigenvalue weighted by Gasteiger charge is -2.35. The van der Waals surface area contributed by atoms with Gasteiger partial charge in [-0.05, 0) is 45.1 Å². The van der Waals surface area contributed by atoms with Crippen LogP contribution in [0.15, 0.2) is 24.5 Å². The van der Waals surface area contributed by atoms with E-state index in [1.54, 1.807) is 12.4 Å². The van der Waals surface area contributed by atoms with Crippen molar-refractivity contribution in [2.75, 3.05) is 27.2 Å². The Morgan fingerprint density at radius 2 is 2.20 bits per heavy atom. The van der Waals surface area contributed by atoms with E-state index in [0.29, 0.717) is 6.04 Å². The summed E-state index contributed by atoms with van der Waals surface area (Å²) in [5.74, 6) is 0.0822. The fourth-order valence-electron chi connectivity index (χ4n) is 2.87. The minimum absolute atomic E-state index is 0.0822. The van der Waals surface area contributed by atoms with Crippen molar-refractivity contribution in [2.45, 2.75) is 18.9 Å². The van der Waals surface area contributed by atoms with E-state index in [2.05, 4.69) is 21.9 Å². The first kappa shape index (κ1) is 13.1. The van der Waals surface area contributed by atoms with Crippen molar-refractivity contribution in [1.29, 1.82) is 0 Å². The normalized spacial score (nSPS) is 17.5. The predicted molar refractivity (Wildman–Crippen MR) is 78.7 cm³/mol. The lowest BCUT2D eigenvalue weighted by atomic mass is 10.0. The molecule has 1 aliphatic heterocycles. The molecule has 3 rings (SSSR count). The number of likely N-dealkylation sites (tertiary alicyclic amines) is 1. The van der Waals surface area contributed by atoms with Gasteiger partial charge in [-0.1, -0.05) is 0 Å². The highest BCUT2D eigenvalue weighted by molar-refractivity contribution is 6.05. The summed E-state index contributed by atoms with van der Waals surface area (Å²) in [6.45, 7) is 2.11. The predicted octanol–water partition coefficient (Wildman–Crippen LogP) is 1.73. The second-order valence-corrected chi connectivity index (χ2v) is 5.55. The number of H-pyrrole nitrogens is 1. The molecule has 0 radical (unpaired) electrons. The minimum Gasteiger partial charge on any atom is -0.345 e. The summed E-state index contributed by atoms with van der Waals surface area (Å²) >= 11 is 0. The molecule has 0 saturated carbocycles. The van der Waals surface area contributed by atoms with Gasteiger partial charge < -0.3 is 14.8 Å². The van der Waals surface area contributed by atoms with Crippen molar-refractivity contribution in [3.05, 3.63) is 30.1 Å². The third-order valence-electron chi connectivity index (χ3n) is 4.24. The maximum absolute atomic E-state index is 12.7. The molecule has 1 fully saturated rings. The monoisotopic (exact) mass is 272 g/mol. The molecule has 1 aliphatic rings. The molecular formula is C15H20N4O. The van der Waals surface area contributed by atoms with E-state index >= 15 is 0 Å². The molecule has 20 heavy (non-hydrogen) atoms. The standard InChI is InChI=1S/C15H20N4O/c1-18-8-5-11(6-9-18)19(2)15(20)13-10-17-14-12(13)4-3-7-16-14/h3-4,7,10-11H,5-6,8-9H2,1-2H3,(H,16,17). The average Bonchev–Trinajstić information content (AvgIpc) is 2.90. The van der Waals surface area contributed by atoms with Crippen LogP contribution < -0.4 is 0 Å². The number of piperidine rings is 1. The van der Waals surface area contributed by atoms with Gasteiger partial charge in [0, 0.05) is 30.9 Å². The number of aromatic amines is 1. The van der Waals surface area contributed by atoms with E-state index < -0.39 is 0 Å². The highest BCUT2D eigenvalue weighted by Gasteiger charge is 2.26. The molecule has 106 valence electrons. The van der Waals surface area contributed by atoms with Crippen LogP contribution in [-0.2, 0) is 0 Å². The molecule has 5 heteroatoms. The number of carbonyl (C=O) groups is 1. The highest BCUT2D eigenvalue weighted by atomic mass is 16.2. The maximum atomic E-state index is 12.7. The van der Waals surface area contributed by atoms with Crippen molar-refractivity contribution >= 4 is 16.9 Å². The van der Waals surface area contributed by atoms with Gasteiger partial charge >= 0.3 is 0 Å². The van der Waals surface area contributed by atoms with Crippen LogP contribution in [-0.4, -0.2) is 58.9 Å². The number of amides is 1. The molecule has 0 atom stereocenters. The number of nitrogens with one attached hydrogen (secondary N) is 1. The van der Waals surface area contributed by atoms with Crippen LogP contribution in [0.3, 0.4) is 0 Å². The molecule has 1 amide bonds. The van der Waals surface area contributed by atoms with Crippen molar-refractivity contribution in [2.24, 2.45) is 0 Å². The Bertz CT molecular complexity index is 613. The third kappa shape index (κ3) is 2.29. The lowest BCUT2D eigenvalue weighted by Crippen LogP contribution is -2.44. The largest absolute Gasteiger partial charge is 0.345 e. The average molecular weight is 272 g/mol. The first-order chi connectivity index (χ1) is 9.66. The van der Waals surface area contributed by atoms with Gasteiger partial charge in [-0.3, -0.25) is 4.79 Å². The Labute approximate surface area is 118 Å². The first-order valence-electron chi connectivity index (χ1n) is 7.04. The zero-order valence-corrected chi connectivity index (χ0v) is 12.0. The second kappa shape index (κ2) is 5.25. The number of fused-ring (bicyclic) bond motifs is 1. The van der Waals surface area contributed by atoms with E-state index in [-0.39, 0.29) is 5.91 Å². The van der Waals surface area contributed by atoms with Crippen LogP contribution in [0, 0.1) is 0 Å². The Balaban J connectivity index is 1.81. The quantitative estimate of drug-likeness (QED) is 0.906. The lowest BCUT2D eigenvalue weighted by molar-refractivity contribution is 0.0661. The maximum Gasteiger partial charge on any atom is 0.256 e. The molecule has 0 aliphatic carbocycles. The molecule has 1 saturated heterocycles. The number of carbonyl (C=O) groups excluding carboxylic acids is 1. The summed E-state index contributed by atoms with van der Waals surface area (Å²) in [6, 6.07) is 4.14. The second-order valence-electron chi connectivity index (χ2n) is 5.55. The van der Waals surface area contributed by atoms with Crippen LogP contribution in [0.4, 0.5) is 0 Å². The van der Waals surface area contributed by atoms with Gasteiger partial charge in [0.15, 0.2) is 0 Å². The summed E-state index contributed by atoms with van der Waals surface area (Å²) in [4.78, 5) is 24.2. The topological polar surface area (TPSA) is 52.2 Å². The highest BCUT2D eigenvalue weighted by Crippen LogP contribution is 2.21. The zero-order valence-electron chi connectivity index (χ0n) is 12.0. The van der Waals surface area contributed by atoms with Crippen molar-refractivity contribution in [3.63, 3.8) is 0 Å². The van der Waals surface area contributed by atoms with Gasteiger partial charge in [0.05, 0.1) is 5.56 Å². The minimum atomic E-state index is 0.0822. The number of hydrogen-bond donors (Lipinski definition) is 1. The van der Waals surface area contributed by atoms with E-state index in [0.717, 1.165) is 42.5 Å². The van der Waals surface area contributed by atoms with Gasteiger partial charge in [-0.2, -0.15) is 0 Å². The summed E-state index contributed by atoms with van der Waals surface area (Å²) in [5, 5.41) is 0.900. The summed E-state index contributed by atoms with van der Waals surface area (Å²) < 4.78 is 0. The van der Waals surface area contributed by atoms with E-state index in [4.69, 9.17) is 0 Å². The summed E-state index contributed by atoms with van der Waals surface area (Å²) in [6.07, 6.45) is 5.58. The molecule has 3 heterocycles. The molecule has 0 unspecified atom stereocenters. The molecule has 0 aromatic carbocycles. The summed E-state index contributed by atoms with van der Waals surface area (Å²) in [5.41, 5.74) is 1.49. The van der Waals surface area contributed by atoms with Gasteiger partial charge in [-0.25, -0.2) is 4.98 Å². The fraction of sp³-hybridized carbons (Fsp3) is 0.467. The van der Waals surface area contributed by atoms with Crippen LogP contribution >= 0.6 is 0 Å². The molecule has 0 bridgehead atoms. The molecule has 2 aromatic rings. The Morgan fingerprint density at radius 3 is 2.95 bits per heavy atom. The van der Waals surface area contributed by atoms with Crippen LogP contribution in [0.1, 0.15) is 23.2 Å². The van der Waals surface area contributed by atoms with Crippen LogP contribution in [0.5, 0.6) is 0 Å². The Kier molecular flexibility index (Phi) is 3.44. The third-order valence-corrected chi connectivity index (χ3v) is 4.24. The Hall–Kier alpha value is -1.88. The van der Waals surface area contributed by atoms with Crippen molar-refractivity contribution < 1.29 is 4.79 Å². The van der Waals surface area contributed by atoms with E-state index in [9.17, 15) is 4.79 Å². The smallest absolute Gasteiger partial charge is 0.256 e. The van der Waals surface area contributed by atoms with Gasteiger partial charge in [0.1, 0.15) is 5.65 Å². The van der Waals surface area contributed by atoms with Gasteiger partial charge in [-0.15, -0.1) is 0 Å². The first-order valence-corrected chi connectivity index (χ1v) is 7.04. The van der Waals surface area contributed by atoms with Gasteiger partial charge in [0.2, 0.25) is 0 Å². The van der Waals surface area contributed by atoms with Crippen LogP contribution in [0.25, 0.3) is 11.0 Å². The molecule has 1 N–H and O–H groups in total. The van der Waals surface area contributed by atoms with Crippen molar-refractivity contribution in [1.82, 2.24) is 19.8 Å². The number of pyridine rings is 1. The molecular weight excluding hydrogens is 252 g/mol. The van der Waals surface area contributed by atoms with E-state index in [1.807, 2.05) is 24.1 Å². The summed E-state index contributed by atoms with van der Waals surface area (Å²) in [7, 11) is 4.04. The molecule has 2 aromatic heterocycles. The Morgan fingerprint density at radius 1 is 1.45 bits per heavy atom. The zero-order chi connectivity index (χ0) is 14.1. The van der Waals surface area contributed by atoms with Gasteiger partial charge in [0.25, 0.3) is 5.91 Å². The molecule has 0 spiro atoms. The van der Waals surface area contributed by atoms with Crippen LogP contribution in [0.2, 0.25) is 0 Å². The number of nitrogens with zero attached hydrogens (tertiary/aromatic N) is 3.